The van der Waals surface area contributed by atoms with Crippen LogP contribution in [0.25, 0.3) is 0 Å². The second kappa shape index (κ2) is 19.9. The summed E-state index contributed by atoms with van der Waals surface area (Å²) in [6.07, 6.45) is 19.7. The Labute approximate surface area is 167 Å². The minimum Gasteiger partial charge on any atom is -0.466 e. The highest BCUT2D eigenvalue weighted by Crippen LogP contribution is 2.19. The number of ether oxygens (including phenoxy) is 1. The largest absolute Gasteiger partial charge is 0.466 e. The predicted molar refractivity (Wildman–Crippen MR) is 113 cm³/mol. The molecule has 2 N–H and O–H groups in total. The Morgan fingerprint density at radius 3 is 2.00 bits per heavy atom. The molecule has 2 atom stereocenters. The molecule has 0 aliphatic heterocycles. The number of aliphatic hydroxyl groups is 2. The van der Waals surface area contributed by atoms with Gasteiger partial charge in [-0.05, 0) is 45.4 Å². The van der Waals surface area contributed by atoms with Gasteiger partial charge in [-0.1, -0.05) is 70.4 Å². The van der Waals surface area contributed by atoms with E-state index in [2.05, 4.69) is 19.1 Å². The van der Waals surface area contributed by atoms with E-state index in [0.29, 0.717) is 6.61 Å². The lowest BCUT2D eigenvalue weighted by Gasteiger charge is -2.17. The van der Waals surface area contributed by atoms with Crippen molar-refractivity contribution in [1.29, 1.82) is 0 Å². The molecule has 0 aliphatic carbocycles. The second-order valence-electron chi connectivity index (χ2n) is 7.54. The maximum atomic E-state index is 11.9. The van der Waals surface area contributed by atoms with Crippen LogP contribution in [0.3, 0.4) is 0 Å². The van der Waals surface area contributed by atoms with Crippen molar-refractivity contribution in [3.63, 3.8) is 0 Å². The summed E-state index contributed by atoms with van der Waals surface area (Å²) < 4.78 is 5.08. The average Bonchev–Trinajstić information content (AvgIpc) is 2.67. The summed E-state index contributed by atoms with van der Waals surface area (Å²) >= 11 is 0. The van der Waals surface area contributed by atoms with Crippen molar-refractivity contribution in [3.05, 3.63) is 12.2 Å². The van der Waals surface area contributed by atoms with Crippen molar-refractivity contribution in [2.45, 2.75) is 110 Å². The van der Waals surface area contributed by atoms with Gasteiger partial charge in [-0.25, -0.2) is 0 Å². The standard InChI is InChI=1S/C23H44O4/c1-3-5-6-7-8-9-10-11-12-13-14-15-16-17-18-21(19-22(25)20-24)23(26)27-4-2/h11-12,21-22,24-25H,3-10,13-20H2,1-2H3/b12-11-. The number of carbonyl (C=O) groups is 1. The number of hydrogen-bond donors (Lipinski definition) is 2. The van der Waals surface area contributed by atoms with Gasteiger partial charge >= 0.3 is 5.97 Å². The summed E-state index contributed by atoms with van der Waals surface area (Å²) in [5.74, 6) is -0.549. The summed E-state index contributed by atoms with van der Waals surface area (Å²) in [4.78, 5) is 11.9. The van der Waals surface area contributed by atoms with Crippen LogP contribution in [0.1, 0.15) is 104 Å². The van der Waals surface area contributed by atoms with Gasteiger partial charge in [-0.15, -0.1) is 0 Å². The zero-order valence-electron chi connectivity index (χ0n) is 17.8. The molecule has 4 nitrogen and oxygen atoms in total. The van der Waals surface area contributed by atoms with Gasteiger partial charge in [0.2, 0.25) is 0 Å². The van der Waals surface area contributed by atoms with E-state index in [4.69, 9.17) is 9.84 Å². The van der Waals surface area contributed by atoms with Gasteiger partial charge < -0.3 is 14.9 Å². The van der Waals surface area contributed by atoms with Gasteiger partial charge in [0.05, 0.1) is 25.2 Å². The molecular formula is C23H44O4. The first-order valence-corrected chi connectivity index (χ1v) is 11.3. The molecule has 4 heteroatoms. The van der Waals surface area contributed by atoms with Crippen LogP contribution in [0.2, 0.25) is 0 Å². The molecule has 0 aromatic heterocycles. The molecule has 0 heterocycles. The van der Waals surface area contributed by atoms with Gasteiger partial charge in [0.25, 0.3) is 0 Å². The van der Waals surface area contributed by atoms with E-state index < -0.39 is 6.10 Å². The lowest BCUT2D eigenvalue weighted by molar-refractivity contribution is -0.149. The molecule has 27 heavy (non-hydrogen) atoms. The second-order valence-corrected chi connectivity index (χ2v) is 7.54. The third-order valence-electron chi connectivity index (χ3n) is 4.95. The first-order chi connectivity index (χ1) is 13.2. The molecule has 0 aromatic carbocycles. The molecule has 0 radical (unpaired) electrons. The first-order valence-electron chi connectivity index (χ1n) is 11.3. The Balaban J connectivity index is 3.65. The van der Waals surface area contributed by atoms with E-state index in [1.807, 2.05) is 0 Å². The molecule has 0 amide bonds. The average molecular weight is 385 g/mol. The minimum atomic E-state index is -0.837. The number of rotatable bonds is 19. The summed E-state index contributed by atoms with van der Waals surface area (Å²) in [5.41, 5.74) is 0. The van der Waals surface area contributed by atoms with Gasteiger partial charge in [0.1, 0.15) is 0 Å². The molecule has 2 unspecified atom stereocenters. The fraction of sp³-hybridized carbons (Fsp3) is 0.870. The van der Waals surface area contributed by atoms with Crippen LogP contribution in [0, 0.1) is 5.92 Å². The Kier molecular flexibility index (Phi) is 19.2. The number of carbonyl (C=O) groups excluding carboxylic acids is 1. The Morgan fingerprint density at radius 2 is 1.44 bits per heavy atom. The number of esters is 1. The van der Waals surface area contributed by atoms with Crippen LogP contribution in [0.15, 0.2) is 12.2 Å². The smallest absolute Gasteiger partial charge is 0.309 e. The van der Waals surface area contributed by atoms with E-state index >= 15 is 0 Å². The fourth-order valence-corrected chi connectivity index (χ4v) is 3.28. The topological polar surface area (TPSA) is 66.8 Å². The summed E-state index contributed by atoms with van der Waals surface area (Å²) in [6.45, 7) is 4.09. The zero-order valence-corrected chi connectivity index (χ0v) is 17.8. The molecule has 0 fully saturated rings. The molecule has 0 rings (SSSR count). The van der Waals surface area contributed by atoms with Crippen LogP contribution in [0.5, 0.6) is 0 Å². The summed E-state index contributed by atoms with van der Waals surface area (Å²) in [6, 6.07) is 0. The van der Waals surface area contributed by atoms with E-state index in [9.17, 15) is 9.90 Å². The lowest BCUT2D eigenvalue weighted by atomic mass is 9.94. The van der Waals surface area contributed by atoms with Crippen LogP contribution < -0.4 is 0 Å². The highest BCUT2D eigenvalue weighted by Gasteiger charge is 2.22. The van der Waals surface area contributed by atoms with E-state index in [1.165, 1.54) is 57.8 Å². The van der Waals surface area contributed by atoms with E-state index in [1.54, 1.807) is 6.92 Å². The van der Waals surface area contributed by atoms with Crippen molar-refractivity contribution in [2.75, 3.05) is 13.2 Å². The van der Waals surface area contributed by atoms with Crippen LogP contribution in [-0.2, 0) is 9.53 Å². The molecular weight excluding hydrogens is 340 g/mol. The molecule has 0 aliphatic rings. The maximum absolute atomic E-state index is 11.9. The quantitative estimate of drug-likeness (QED) is 0.174. The Hall–Kier alpha value is -0.870. The van der Waals surface area contributed by atoms with Crippen LogP contribution >= 0.6 is 0 Å². The molecule has 0 saturated carbocycles. The fourth-order valence-electron chi connectivity index (χ4n) is 3.28. The van der Waals surface area contributed by atoms with Crippen molar-refractivity contribution in [1.82, 2.24) is 0 Å². The van der Waals surface area contributed by atoms with Crippen molar-refractivity contribution < 1.29 is 19.7 Å². The Bertz CT molecular complexity index is 354. The normalized spacial score (nSPS) is 13.8. The maximum Gasteiger partial charge on any atom is 0.309 e. The minimum absolute atomic E-state index is 0.248. The summed E-state index contributed by atoms with van der Waals surface area (Å²) in [5, 5.41) is 18.6. The van der Waals surface area contributed by atoms with Crippen molar-refractivity contribution in [3.8, 4) is 0 Å². The molecule has 0 aromatic rings. The number of aliphatic hydroxyl groups excluding tert-OH is 2. The predicted octanol–water partition coefficient (Wildman–Crippen LogP) is 5.56. The highest BCUT2D eigenvalue weighted by atomic mass is 16.5. The van der Waals surface area contributed by atoms with E-state index in [-0.39, 0.29) is 24.9 Å². The number of hydrogen-bond acceptors (Lipinski definition) is 4. The third-order valence-corrected chi connectivity index (χ3v) is 4.95. The van der Waals surface area contributed by atoms with Gasteiger partial charge in [0, 0.05) is 0 Å². The molecule has 0 saturated heterocycles. The van der Waals surface area contributed by atoms with Gasteiger partial charge in [-0.3, -0.25) is 4.79 Å². The monoisotopic (exact) mass is 384 g/mol. The first kappa shape index (κ1) is 26.1. The zero-order chi connectivity index (χ0) is 20.2. The SMILES string of the molecule is CCCCCCCC/C=C\CCCCCCC(CC(O)CO)C(=O)OCC. The van der Waals surface area contributed by atoms with Crippen LogP contribution in [0.4, 0.5) is 0 Å². The third kappa shape index (κ3) is 17.0. The van der Waals surface area contributed by atoms with E-state index in [0.717, 1.165) is 25.7 Å². The molecule has 160 valence electrons. The van der Waals surface area contributed by atoms with Crippen molar-refractivity contribution in [2.24, 2.45) is 5.92 Å². The van der Waals surface area contributed by atoms with Gasteiger partial charge in [-0.2, -0.15) is 0 Å². The molecule has 0 bridgehead atoms. The van der Waals surface area contributed by atoms with Crippen LogP contribution in [-0.4, -0.2) is 35.5 Å². The Morgan fingerprint density at radius 1 is 0.889 bits per heavy atom. The number of allylic oxidation sites excluding steroid dienone is 2. The van der Waals surface area contributed by atoms with Gasteiger partial charge in [0.15, 0.2) is 0 Å². The summed E-state index contributed by atoms with van der Waals surface area (Å²) in [7, 11) is 0. The van der Waals surface area contributed by atoms with Crippen molar-refractivity contribution >= 4 is 5.97 Å². The molecule has 0 spiro atoms. The number of unbranched alkanes of at least 4 members (excludes halogenated alkanes) is 10. The highest BCUT2D eigenvalue weighted by molar-refractivity contribution is 5.72. The lowest BCUT2D eigenvalue weighted by Crippen LogP contribution is -2.25.